The van der Waals surface area contributed by atoms with Gasteiger partial charge in [-0.3, -0.25) is 4.79 Å². The summed E-state index contributed by atoms with van der Waals surface area (Å²) in [5.74, 6) is 0.0720. The lowest BCUT2D eigenvalue weighted by Crippen LogP contribution is -2.03. The molecular weight excluding hydrogens is 248 g/mol. The first-order valence-electron chi connectivity index (χ1n) is 6.95. The van der Waals surface area contributed by atoms with Crippen LogP contribution in [0.3, 0.4) is 0 Å². The third-order valence-electron chi connectivity index (χ3n) is 3.40. The van der Waals surface area contributed by atoms with Crippen LogP contribution in [-0.4, -0.2) is 17.0 Å². The minimum absolute atomic E-state index is 0.0720. The van der Waals surface area contributed by atoms with Crippen molar-refractivity contribution in [3.8, 4) is 11.1 Å². The van der Waals surface area contributed by atoms with Crippen molar-refractivity contribution in [3.63, 3.8) is 0 Å². The van der Waals surface area contributed by atoms with Crippen molar-refractivity contribution in [2.75, 3.05) is 0 Å². The van der Waals surface area contributed by atoms with Gasteiger partial charge >= 0.3 is 0 Å². The van der Waals surface area contributed by atoms with Gasteiger partial charge in [0.05, 0.1) is 6.10 Å². The van der Waals surface area contributed by atoms with E-state index in [0.717, 1.165) is 28.7 Å². The fourth-order valence-electron chi connectivity index (χ4n) is 2.28. The SMILES string of the molecule is CC(=O)c1cc(CCC(C)O)ccc1-c1ccccc1. The molecule has 0 aliphatic rings. The summed E-state index contributed by atoms with van der Waals surface area (Å²) in [6.07, 6.45) is 1.18. The Morgan fingerprint density at radius 3 is 2.45 bits per heavy atom. The lowest BCUT2D eigenvalue weighted by Gasteiger charge is -2.11. The van der Waals surface area contributed by atoms with E-state index in [0.29, 0.717) is 6.42 Å². The number of hydrogen-bond acceptors (Lipinski definition) is 2. The highest BCUT2D eigenvalue weighted by Gasteiger charge is 2.10. The van der Waals surface area contributed by atoms with Gasteiger partial charge in [0, 0.05) is 5.56 Å². The van der Waals surface area contributed by atoms with E-state index in [1.54, 1.807) is 13.8 Å². The number of Topliss-reactive ketones (excluding diaryl/α,β-unsaturated/α-hetero) is 1. The van der Waals surface area contributed by atoms with Crippen LogP contribution in [0.2, 0.25) is 0 Å². The average molecular weight is 268 g/mol. The lowest BCUT2D eigenvalue weighted by atomic mass is 9.94. The lowest BCUT2D eigenvalue weighted by molar-refractivity contribution is 0.101. The van der Waals surface area contributed by atoms with Crippen molar-refractivity contribution in [2.45, 2.75) is 32.8 Å². The topological polar surface area (TPSA) is 37.3 Å². The zero-order valence-corrected chi connectivity index (χ0v) is 12.0. The molecule has 1 atom stereocenters. The maximum absolute atomic E-state index is 11.9. The van der Waals surface area contributed by atoms with Crippen LogP contribution in [0.15, 0.2) is 48.5 Å². The van der Waals surface area contributed by atoms with E-state index in [9.17, 15) is 9.90 Å². The third-order valence-corrected chi connectivity index (χ3v) is 3.40. The zero-order valence-electron chi connectivity index (χ0n) is 12.0. The molecule has 0 bridgehead atoms. The maximum atomic E-state index is 11.9. The Bertz CT molecular complexity index is 586. The molecular formula is C18H20O2. The van der Waals surface area contributed by atoms with Crippen LogP contribution in [-0.2, 0) is 6.42 Å². The minimum atomic E-state index is -0.315. The van der Waals surface area contributed by atoms with Gasteiger partial charge in [0.2, 0.25) is 0 Å². The van der Waals surface area contributed by atoms with E-state index < -0.39 is 0 Å². The molecule has 0 aromatic heterocycles. The predicted octanol–water partition coefficient (Wildman–Crippen LogP) is 3.87. The highest BCUT2D eigenvalue weighted by atomic mass is 16.3. The molecule has 0 saturated carbocycles. The molecule has 2 rings (SSSR count). The molecule has 2 heteroatoms. The number of benzene rings is 2. The molecule has 0 heterocycles. The van der Waals surface area contributed by atoms with Crippen molar-refractivity contribution in [1.82, 2.24) is 0 Å². The number of aliphatic hydroxyl groups excluding tert-OH is 1. The highest BCUT2D eigenvalue weighted by Crippen LogP contribution is 2.25. The van der Waals surface area contributed by atoms with Crippen molar-refractivity contribution in [2.24, 2.45) is 0 Å². The summed E-state index contributed by atoms with van der Waals surface area (Å²) in [6, 6.07) is 15.9. The van der Waals surface area contributed by atoms with E-state index in [2.05, 4.69) is 0 Å². The van der Waals surface area contributed by atoms with Crippen molar-refractivity contribution < 1.29 is 9.90 Å². The van der Waals surface area contributed by atoms with E-state index in [1.165, 1.54) is 0 Å². The van der Waals surface area contributed by atoms with E-state index in [-0.39, 0.29) is 11.9 Å². The molecule has 2 nitrogen and oxygen atoms in total. The van der Waals surface area contributed by atoms with Crippen molar-refractivity contribution >= 4 is 5.78 Å². The Balaban J connectivity index is 2.36. The molecule has 0 amide bonds. The van der Waals surface area contributed by atoms with E-state index in [1.807, 2.05) is 48.5 Å². The molecule has 0 aliphatic heterocycles. The van der Waals surface area contributed by atoms with Crippen LogP contribution in [0.1, 0.15) is 36.2 Å². The van der Waals surface area contributed by atoms with Gasteiger partial charge in [-0.25, -0.2) is 0 Å². The molecule has 20 heavy (non-hydrogen) atoms. The largest absolute Gasteiger partial charge is 0.393 e. The minimum Gasteiger partial charge on any atom is -0.393 e. The summed E-state index contributed by atoms with van der Waals surface area (Å²) < 4.78 is 0. The first-order chi connectivity index (χ1) is 9.58. The number of aliphatic hydroxyl groups is 1. The summed E-state index contributed by atoms with van der Waals surface area (Å²) in [7, 11) is 0. The third kappa shape index (κ3) is 3.55. The molecule has 2 aromatic rings. The monoisotopic (exact) mass is 268 g/mol. The van der Waals surface area contributed by atoms with Gasteiger partial charge in [0.25, 0.3) is 0 Å². The highest BCUT2D eigenvalue weighted by molar-refractivity contribution is 6.01. The van der Waals surface area contributed by atoms with Gasteiger partial charge in [-0.1, -0.05) is 42.5 Å². The number of carbonyl (C=O) groups excluding carboxylic acids is 1. The first-order valence-corrected chi connectivity index (χ1v) is 6.95. The van der Waals surface area contributed by atoms with Crippen LogP contribution < -0.4 is 0 Å². The van der Waals surface area contributed by atoms with Gasteiger partial charge in [-0.15, -0.1) is 0 Å². The van der Waals surface area contributed by atoms with Crippen LogP contribution >= 0.6 is 0 Å². The number of rotatable bonds is 5. The Labute approximate surface area is 120 Å². The molecule has 0 spiro atoms. The van der Waals surface area contributed by atoms with Crippen molar-refractivity contribution in [1.29, 1.82) is 0 Å². The maximum Gasteiger partial charge on any atom is 0.160 e. The fourth-order valence-corrected chi connectivity index (χ4v) is 2.28. The van der Waals surface area contributed by atoms with Crippen LogP contribution in [0.25, 0.3) is 11.1 Å². The average Bonchev–Trinajstić information content (AvgIpc) is 2.45. The number of hydrogen-bond donors (Lipinski definition) is 1. The summed E-state index contributed by atoms with van der Waals surface area (Å²) in [5, 5.41) is 9.36. The zero-order chi connectivity index (χ0) is 14.5. The van der Waals surface area contributed by atoms with Gasteiger partial charge < -0.3 is 5.11 Å². The van der Waals surface area contributed by atoms with Gasteiger partial charge in [0.1, 0.15) is 0 Å². The Morgan fingerprint density at radius 1 is 1.15 bits per heavy atom. The van der Waals surface area contributed by atoms with Gasteiger partial charge in [-0.2, -0.15) is 0 Å². The molecule has 0 aliphatic carbocycles. The molecule has 0 saturated heterocycles. The predicted molar refractivity (Wildman–Crippen MR) is 81.9 cm³/mol. The summed E-state index contributed by atoms with van der Waals surface area (Å²) in [4.78, 5) is 11.9. The standard InChI is InChI=1S/C18H20O2/c1-13(19)8-9-15-10-11-17(18(12-15)14(2)20)16-6-4-3-5-7-16/h3-7,10-13,19H,8-9H2,1-2H3. The van der Waals surface area contributed by atoms with Crippen LogP contribution in [0.5, 0.6) is 0 Å². The Kier molecular flexibility index (Phi) is 4.70. The number of ketones is 1. The molecule has 0 radical (unpaired) electrons. The second-order valence-electron chi connectivity index (χ2n) is 5.19. The fraction of sp³-hybridized carbons (Fsp3) is 0.278. The van der Waals surface area contributed by atoms with Gasteiger partial charge in [0.15, 0.2) is 5.78 Å². The molecule has 2 aromatic carbocycles. The summed E-state index contributed by atoms with van der Waals surface area (Å²) in [5.41, 5.74) is 3.87. The quantitative estimate of drug-likeness (QED) is 0.836. The summed E-state index contributed by atoms with van der Waals surface area (Å²) >= 11 is 0. The number of aryl methyl sites for hydroxylation is 1. The Morgan fingerprint density at radius 2 is 1.85 bits per heavy atom. The first kappa shape index (κ1) is 14.5. The summed E-state index contributed by atoms with van der Waals surface area (Å²) in [6.45, 7) is 3.38. The Hall–Kier alpha value is -1.93. The van der Waals surface area contributed by atoms with Crippen molar-refractivity contribution in [3.05, 3.63) is 59.7 Å². The van der Waals surface area contributed by atoms with Gasteiger partial charge in [-0.05, 0) is 49.4 Å². The smallest absolute Gasteiger partial charge is 0.160 e. The normalized spacial score (nSPS) is 12.2. The van der Waals surface area contributed by atoms with Crippen LogP contribution in [0.4, 0.5) is 0 Å². The second kappa shape index (κ2) is 6.49. The molecule has 1 unspecified atom stereocenters. The van der Waals surface area contributed by atoms with E-state index in [4.69, 9.17) is 0 Å². The van der Waals surface area contributed by atoms with E-state index >= 15 is 0 Å². The second-order valence-corrected chi connectivity index (χ2v) is 5.19. The van der Waals surface area contributed by atoms with Crippen LogP contribution in [0, 0.1) is 0 Å². The molecule has 104 valence electrons. The molecule has 0 fully saturated rings. The molecule has 1 N–H and O–H groups in total. The number of carbonyl (C=O) groups is 1.